The van der Waals surface area contributed by atoms with Crippen molar-refractivity contribution in [3.63, 3.8) is 0 Å². The average Bonchev–Trinajstić information content (AvgIpc) is 3.21. The molecule has 0 radical (unpaired) electrons. The number of aliphatic hydroxyl groups excluding tert-OH is 1. The van der Waals surface area contributed by atoms with Crippen molar-refractivity contribution in [1.29, 1.82) is 0 Å². The lowest BCUT2D eigenvalue weighted by Crippen LogP contribution is -2.43. The lowest BCUT2D eigenvalue weighted by atomic mass is 9.93. The number of benzene rings is 1. The number of aliphatic hydroxyl groups is 2. The molecule has 2 bridgehead atoms. The van der Waals surface area contributed by atoms with E-state index in [4.69, 9.17) is 23.6 Å². The van der Waals surface area contributed by atoms with Gasteiger partial charge in [0, 0.05) is 5.56 Å². The highest BCUT2D eigenvalue weighted by Gasteiger charge is 2.54. The van der Waals surface area contributed by atoms with Gasteiger partial charge >= 0.3 is 33.3 Å². The van der Waals surface area contributed by atoms with Gasteiger partial charge in [0.05, 0.1) is 18.4 Å². The number of alkyl halides is 2. The van der Waals surface area contributed by atoms with Crippen molar-refractivity contribution in [2.75, 3.05) is 0 Å². The van der Waals surface area contributed by atoms with E-state index < -0.39 is 58.0 Å². The number of carbonyl (C=O) groups is 3. The zero-order valence-corrected chi connectivity index (χ0v) is 16.5. The zero-order valence-electron chi connectivity index (χ0n) is 15.7. The van der Waals surface area contributed by atoms with Gasteiger partial charge < -0.3 is 28.8 Å². The fourth-order valence-corrected chi connectivity index (χ4v) is 3.12. The number of carbonyl (C=O) groups excluding carboxylic acids is 3. The van der Waals surface area contributed by atoms with Gasteiger partial charge in [-0.1, -0.05) is 0 Å². The molecule has 0 saturated heterocycles. The van der Waals surface area contributed by atoms with Gasteiger partial charge in [0.2, 0.25) is 11.5 Å². The Morgan fingerprint density at radius 3 is 2.29 bits per heavy atom. The summed E-state index contributed by atoms with van der Waals surface area (Å²) >= 11 is 0. The molecule has 12 nitrogen and oxygen atoms in total. The van der Waals surface area contributed by atoms with Crippen molar-refractivity contribution in [2.45, 2.75) is 43.8 Å². The van der Waals surface area contributed by atoms with Gasteiger partial charge in [-0.05, 0) is 13.8 Å². The van der Waals surface area contributed by atoms with Gasteiger partial charge in [-0.3, -0.25) is 14.1 Å². The first-order chi connectivity index (χ1) is 14.1. The highest BCUT2D eigenvalue weighted by atomic mass is 32.2. The molecular formula is C16H14F2O12S. The summed E-state index contributed by atoms with van der Waals surface area (Å²) in [6, 6.07) is 0. The van der Waals surface area contributed by atoms with Crippen LogP contribution in [0.4, 0.5) is 8.78 Å². The van der Waals surface area contributed by atoms with E-state index in [1.807, 2.05) is 0 Å². The Bertz CT molecular complexity index is 1170. The summed E-state index contributed by atoms with van der Waals surface area (Å²) in [6.07, 6.45) is -5.23. The second-order valence-electron chi connectivity index (χ2n) is 6.97. The highest BCUT2D eigenvalue weighted by molar-refractivity contribution is 7.86. The lowest BCUT2D eigenvalue weighted by Gasteiger charge is -2.19. The third-order valence-corrected chi connectivity index (χ3v) is 5.05. The number of hydrogen-bond donors (Lipinski definition) is 3. The van der Waals surface area contributed by atoms with Crippen LogP contribution in [0, 0.1) is 0 Å². The number of esters is 3. The van der Waals surface area contributed by atoms with E-state index in [9.17, 15) is 36.7 Å². The molecule has 2 aromatic heterocycles. The van der Waals surface area contributed by atoms with Crippen LogP contribution in [0.25, 0.3) is 11.2 Å². The second kappa shape index (κ2) is 7.08. The van der Waals surface area contributed by atoms with Crippen LogP contribution in [0.3, 0.4) is 0 Å². The predicted octanol–water partition coefficient (Wildman–Crippen LogP) is 0.658. The Morgan fingerprint density at radius 2 is 1.74 bits per heavy atom. The van der Waals surface area contributed by atoms with Crippen LogP contribution in [0.5, 0.6) is 11.5 Å². The van der Waals surface area contributed by atoms with Crippen molar-refractivity contribution in [1.82, 2.24) is 0 Å². The Morgan fingerprint density at radius 1 is 1.16 bits per heavy atom. The molecule has 0 aliphatic carbocycles. The van der Waals surface area contributed by atoms with Crippen LogP contribution >= 0.6 is 0 Å². The first-order valence-corrected chi connectivity index (χ1v) is 9.79. The molecule has 0 saturated carbocycles. The Hall–Kier alpha value is -2.88. The van der Waals surface area contributed by atoms with Crippen molar-refractivity contribution < 1.29 is 65.0 Å². The number of fused-ring (bicyclic) bond motifs is 1. The Labute approximate surface area is 171 Å². The first-order valence-electron chi connectivity index (χ1n) is 8.35. The molecule has 1 aliphatic rings. The number of halogens is 2. The van der Waals surface area contributed by atoms with Crippen LogP contribution in [0.1, 0.15) is 42.6 Å². The summed E-state index contributed by atoms with van der Waals surface area (Å²) in [4.78, 5) is 35.5. The van der Waals surface area contributed by atoms with Crippen LogP contribution < -0.4 is 9.47 Å². The van der Waals surface area contributed by atoms with E-state index in [1.54, 1.807) is 0 Å². The largest absolute Gasteiger partial charge is 0.448 e. The van der Waals surface area contributed by atoms with Gasteiger partial charge in [-0.2, -0.15) is 17.2 Å². The molecule has 1 atom stereocenters. The smallest absolute Gasteiger partial charge is 0.430 e. The summed E-state index contributed by atoms with van der Waals surface area (Å²) in [5.41, 5.74) is -1.76. The van der Waals surface area contributed by atoms with E-state index in [2.05, 4.69) is 4.74 Å². The molecule has 1 unspecified atom stereocenters. The molecule has 2 aromatic rings. The number of rotatable bonds is 8. The molecular weight excluding hydrogens is 454 g/mol. The van der Waals surface area contributed by atoms with Crippen molar-refractivity contribution in [2.24, 2.45) is 0 Å². The van der Waals surface area contributed by atoms with E-state index in [0.29, 0.717) is 0 Å². The minimum absolute atomic E-state index is 0.0189. The molecule has 170 valence electrons. The molecule has 0 spiro atoms. The number of hydrogen-bond acceptors (Lipinski definition) is 11. The average molecular weight is 468 g/mol. The molecule has 31 heavy (non-hydrogen) atoms. The van der Waals surface area contributed by atoms with Crippen molar-refractivity contribution >= 4 is 39.2 Å². The summed E-state index contributed by atoms with van der Waals surface area (Å²) in [5.74, 6) is -4.12. The molecule has 1 aliphatic heterocycles. The second-order valence-corrected chi connectivity index (χ2v) is 8.46. The maximum absolute atomic E-state index is 13.1. The van der Waals surface area contributed by atoms with Crippen LogP contribution in [0.2, 0.25) is 0 Å². The highest BCUT2D eigenvalue weighted by Crippen LogP contribution is 2.54. The van der Waals surface area contributed by atoms with Gasteiger partial charge in [0.25, 0.3) is 6.29 Å². The summed E-state index contributed by atoms with van der Waals surface area (Å²) < 4.78 is 74.7. The third kappa shape index (κ3) is 3.80. The fourth-order valence-electron chi connectivity index (χ4n) is 2.81. The SMILES string of the molecule is CC(C)(O)c1c2c3oc1c(OC(=O)CCC(=O)OC(O)C(F)(F)S(=O)(=O)O)c3OC2=O. The normalized spacial score (nSPS) is 15.3. The van der Waals surface area contributed by atoms with Crippen molar-refractivity contribution in [3.05, 3.63) is 11.1 Å². The third-order valence-electron chi connectivity index (χ3n) is 4.16. The summed E-state index contributed by atoms with van der Waals surface area (Å²) in [5, 5.41) is 14.1. The molecule has 3 heterocycles. The molecule has 3 N–H and O–H groups in total. The van der Waals surface area contributed by atoms with Gasteiger partial charge in [0.15, 0.2) is 11.2 Å². The maximum Gasteiger partial charge on any atom is 0.430 e. The van der Waals surface area contributed by atoms with Crippen LogP contribution in [-0.2, 0) is 30.0 Å². The minimum Gasteiger partial charge on any atom is -0.448 e. The molecule has 0 fully saturated rings. The summed E-state index contributed by atoms with van der Waals surface area (Å²) in [7, 11) is -6.07. The van der Waals surface area contributed by atoms with E-state index in [1.165, 1.54) is 13.8 Å². The first kappa shape index (κ1) is 22.8. The Kier molecular flexibility index (Phi) is 5.21. The molecule has 0 aromatic carbocycles. The topological polar surface area (TPSA) is 187 Å². The Balaban J connectivity index is 1.66. The van der Waals surface area contributed by atoms with E-state index in [0.717, 1.165) is 0 Å². The lowest BCUT2D eigenvalue weighted by molar-refractivity contribution is -0.205. The summed E-state index contributed by atoms with van der Waals surface area (Å²) in [6.45, 7) is 2.70. The maximum atomic E-state index is 13.1. The molecule has 0 amide bonds. The molecule has 15 heteroatoms. The quantitative estimate of drug-likeness (QED) is 0.213. The van der Waals surface area contributed by atoms with E-state index >= 15 is 0 Å². The zero-order chi connectivity index (χ0) is 23.5. The predicted molar refractivity (Wildman–Crippen MR) is 91.1 cm³/mol. The van der Waals surface area contributed by atoms with Crippen LogP contribution in [0.15, 0.2) is 4.42 Å². The molecule has 3 rings (SSSR count). The van der Waals surface area contributed by atoms with Gasteiger partial charge in [-0.15, -0.1) is 0 Å². The number of ether oxygens (including phenoxy) is 3. The van der Waals surface area contributed by atoms with E-state index in [-0.39, 0.29) is 33.8 Å². The standard InChI is InChI=1S/C16H14F2O12S/c1-15(2,23)8-7-9-11(30-13(7)21)12(10(8)29-9)27-5(19)3-4-6(20)28-14(22)16(17,18)31(24,25)26/h14,22-23H,3-4H2,1-2H3,(H,24,25,26). The fraction of sp³-hybridized carbons (Fsp3) is 0.438. The van der Waals surface area contributed by atoms with Crippen LogP contribution in [-0.4, -0.2) is 52.6 Å². The minimum atomic E-state index is -6.07. The number of furan rings is 2. The van der Waals surface area contributed by atoms with Gasteiger partial charge in [0.1, 0.15) is 5.56 Å². The van der Waals surface area contributed by atoms with Gasteiger partial charge in [-0.25, -0.2) is 4.79 Å². The monoisotopic (exact) mass is 468 g/mol. The van der Waals surface area contributed by atoms with Crippen molar-refractivity contribution in [3.8, 4) is 11.5 Å².